The SMILES string of the molecule is COc1cc(Cl)c(C)cc1NC(=O)/C=C(/c1ccccc1)C(F)(F)F. The number of halogens is 4. The number of carbonyl (C=O) groups is 1. The third-order valence-corrected chi connectivity index (χ3v) is 3.81. The molecule has 2 rings (SSSR count). The minimum absolute atomic E-state index is 0.0931. The van der Waals surface area contributed by atoms with Gasteiger partial charge in [-0.05, 0) is 24.1 Å². The number of nitrogens with one attached hydrogen (secondary N) is 1. The smallest absolute Gasteiger partial charge is 0.417 e. The lowest BCUT2D eigenvalue weighted by Gasteiger charge is -2.14. The molecule has 25 heavy (non-hydrogen) atoms. The first-order valence-corrected chi connectivity index (χ1v) is 7.59. The van der Waals surface area contributed by atoms with Crippen molar-refractivity contribution in [2.75, 3.05) is 12.4 Å². The molecular weight excluding hydrogens is 355 g/mol. The highest BCUT2D eigenvalue weighted by Gasteiger charge is 2.35. The molecule has 0 aliphatic carbocycles. The van der Waals surface area contributed by atoms with Crippen LogP contribution in [0.15, 0.2) is 48.5 Å². The molecular formula is C18H15ClF3NO2. The number of alkyl halides is 3. The first-order chi connectivity index (χ1) is 11.7. The molecule has 0 aliphatic heterocycles. The van der Waals surface area contributed by atoms with Crippen molar-refractivity contribution in [1.29, 1.82) is 0 Å². The van der Waals surface area contributed by atoms with Crippen molar-refractivity contribution in [3.05, 3.63) is 64.7 Å². The molecule has 0 bridgehead atoms. The topological polar surface area (TPSA) is 38.3 Å². The highest BCUT2D eigenvalue weighted by atomic mass is 35.5. The Bertz CT molecular complexity index is 802. The number of hydrogen-bond donors (Lipinski definition) is 1. The van der Waals surface area contributed by atoms with E-state index in [-0.39, 0.29) is 17.0 Å². The highest BCUT2D eigenvalue weighted by Crippen LogP contribution is 2.34. The Morgan fingerprint density at radius 2 is 1.84 bits per heavy atom. The molecule has 2 aromatic rings. The lowest BCUT2D eigenvalue weighted by Crippen LogP contribution is -2.16. The summed E-state index contributed by atoms with van der Waals surface area (Å²) in [7, 11) is 1.37. The number of methoxy groups -OCH3 is 1. The molecule has 3 nitrogen and oxygen atoms in total. The van der Waals surface area contributed by atoms with Gasteiger partial charge in [-0.3, -0.25) is 4.79 Å². The summed E-state index contributed by atoms with van der Waals surface area (Å²) in [6, 6.07) is 10.1. The second kappa shape index (κ2) is 7.61. The van der Waals surface area contributed by atoms with Gasteiger partial charge in [0.2, 0.25) is 5.91 Å². The van der Waals surface area contributed by atoms with Gasteiger partial charge in [0.1, 0.15) is 5.75 Å². The zero-order chi connectivity index (χ0) is 18.6. The van der Waals surface area contributed by atoms with Crippen LogP contribution in [0, 0.1) is 6.92 Å². The van der Waals surface area contributed by atoms with Crippen LogP contribution in [0.4, 0.5) is 18.9 Å². The number of benzene rings is 2. The van der Waals surface area contributed by atoms with Crippen molar-refractivity contribution in [2.24, 2.45) is 0 Å². The molecule has 0 spiro atoms. The fourth-order valence-corrected chi connectivity index (χ4v) is 2.33. The van der Waals surface area contributed by atoms with Crippen molar-refractivity contribution in [2.45, 2.75) is 13.1 Å². The third kappa shape index (κ3) is 4.76. The van der Waals surface area contributed by atoms with Gasteiger partial charge in [0.25, 0.3) is 0 Å². The molecule has 0 unspecified atom stereocenters. The van der Waals surface area contributed by atoms with Crippen LogP contribution in [0.2, 0.25) is 5.02 Å². The second-order valence-electron chi connectivity index (χ2n) is 5.21. The van der Waals surface area contributed by atoms with E-state index in [1.807, 2.05) is 0 Å². The summed E-state index contributed by atoms with van der Waals surface area (Å²) in [5.74, 6) is -0.665. The van der Waals surface area contributed by atoms with Crippen molar-refractivity contribution < 1.29 is 22.7 Å². The van der Waals surface area contributed by atoms with Crippen LogP contribution < -0.4 is 10.1 Å². The van der Waals surface area contributed by atoms with Crippen LogP contribution in [0.5, 0.6) is 5.75 Å². The second-order valence-corrected chi connectivity index (χ2v) is 5.62. The van der Waals surface area contributed by atoms with E-state index in [0.29, 0.717) is 16.7 Å². The van der Waals surface area contributed by atoms with Gasteiger partial charge >= 0.3 is 6.18 Å². The number of hydrogen-bond acceptors (Lipinski definition) is 2. The van der Waals surface area contributed by atoms with Crippen LogP contribution in [0.1, 0.15) is 11.1 Å². The van der Waals surface area contributed by atoms with E-state index in [1.54, 1.807) is 13.0 Å². The lowest BCUT2D eigenvalue weighted by atomic mass is 10.1. The van der Waals surface area contributed by atoms with Gasteiger partial charge in [0, 0.05) is 17.2 Å². The Hall–Kier alpha value is -2.47. The van der Waals surface area contributed by atoms with E-state index in [1.165, 1.54) is 43.5 Å². The molecule has 0 fully saturated rings. The van der Waals surface area contributed by atoms with Gasteiger partial charge in [-0.2, -0.15) is 13.2 Å². The maximum Gasteiger partial charge on any atom is 0.417 e. The van der Waals surface area contributed by atoms with E-state index < -0.39 is 17.7 Å². The molecule has 2 aromatic carbocycles. The summed E-state index contributed by atoms with van der Waals surface area (Å²) in [4.78, 5) is 12.1. The Morgan fingerprint density at radius 3 is 2.40 bits per heavy atom. The van der Waals surface area contributed by atoms with Crippen molar-refractivity contribution in [1.82, 2.24) is 0 Å². The predicted molar refractivity (Wildman–Crippen MR) is 91.8 cm³/mol. The Morgan fingerprint density at radius 1 is 1.20 bits per heavy atom. The van der Waals surface area contributed by atoms with Crippen LogP contribution in [-0.2, 0) is 4.79 Å². The average molecular weight is 370 g/mol. The van der Waals surface area contributed by atoms with E-state index >= 15 is 0 Å². The van der Waals surface area contributed by atoms with Crippen molar-refractivity contribution in [3.63, 3.8) is 0 Å². The molecule has 7 heteroatoms. The Kier molecular flexibility index (Phi) is 5.74. The molecule has 0 aromatic heterocycles. The van der Waals surface area contributed by atoms with E-state index in [9.17, 15) is 18.0 Å². The zero-order valence-electron chi connectivity index (χ0n) is 13.4. The van der Waals surface area contributed by atoms with Crippen molar-refractivity contribution in [3.8, 4) is 5.75 Å². The number of amides is 1. The largest absolute Gasteiger partial charge is 0.495 e. The maximum absolute atomic E-state index is 13.3. The molecule has 0 aliphatic rings. The molecule has 1 N–H and O–H groups in total. The molecule has 0 heterocycles. The van der Waals surface area contributed by atoms with Gasteiger partial charge < -0.3 is 10.1 Å². The van der Waals surface area contributed by atoms with Gasteiger partial charge in [-0.1, -0.05) is 41.9 Å². The van der Waals surface area contributed by atoms with E-state index in [2.05, 4.69) is 5.32 Å². The monoisotopic (exact) mass is 369 g/mol. The number of carbonyl (C=O) groups excluding carboxylic acids is 1. The summed E-state index contributed by atoms with van der Waals surface area (Å²) >= 11 is 5.97. The van der Waals surface area contributed by atoms with E-state index in [0.717, 1.165) is 0 Å². The highest BCUT2D eigenvalue weighted by molar-refractivity contribution is 6.31. The normalized spacial score (nSPS) is 12.0. The van der Waals surface area contributed by atoms with Crippen molar-refractivity contribution >= 4 is 28.8 Å². The number of aryl methyl sites for hydroxylation is 1. The first-order valence-electron chi connectivity index (χ1n) is 7.22. The Balaban J connectivity index is 2.36. The minimum Gasteiger partial charge on any atom is -0.495 e. The fraction of sp³-hybridized carbons (Fsp3) is 0.167. The molecule has 0 atom stereocenters. The third-order valence-electron chi connectivity index (χ3n) is 3.40. The summed E-state index contributed by atoms with van der Waals surface area (Å²) in [5, 5.41) is 2.82. The van der Waals surface area contributed by atoms with Crippen LogP contribution in [0.25, 0.3) is 5.57 Å². The first kappa shape index (κ1) is 18.9. The van der Waals surface area contributed by atoms with Crippen LogP contribution >= 0.6 is 11.6 Å². The minimum atomic E-state index is -4.67. The standard InChI is InChI=1S/C18H15ClF3NO2/c1-11-8-15(16(25-2)10-14(11)19)23-17(24)9-13(18(20,21)22)12-6-4-3-5-7-12/h3-10H,1-2H3,(H,23,24)/b13-9-. The average Bonchev–Trinajstić information content (AvgIpc) is 2.55. The summed E-state index contributed by atoms with van der Waals surface area (Å²) in [5.41, 5.74) is -0.235. The summed E-state index contributed by atoms with van der Waals surface area (Å²) < 4.78 is 44.9. The fourth-order valence-electron chi connectivity index (χ4n) is 2.18. The Labute approximate surface area is 148 Å². The lowest BCUT2D eigenvalue weighted by molar-refractivity contribution is -0.112. The molecule has 132 valence electrons. The molecule has 0 saturated carbocycles. The quantitative estimate of drug-likeness (QED) is 0.748. The number of allylic oxidation sites excluding steroid dienone is 1. The molecule has 0 radical (unpaired) electrons. The van der Waals surface area contributed by atoms with Crippen LogP contribution in [-0.4, -0.2) is 19.2 Å². The van der Waals surface area contributed by atoms with E-state index in [4.69, 9.17) is 16.3 Å². The number of ether oxygens (including phenoxy) is 1. The number of anilines is 1. The zero-order valence-corrected chi connectivity index (χ0v) is 14.2. The number of rotatable bonds is 4. The van der Waals surface area contributed by atoms with Gasteiger partial charge in [-0.15, -0.1) is 0 Å². The van der Waals surface area contributed by atoms with Gasteiger partial charge in [0.15, 0.2) is 0 Å². The van der Waals surface area contributed by atoms with Gasteiger partial charge in [0.05, 0.1) is 18.4 Å². The molecule has 0 saturated heterocycles. The summed E-state index contributed by atoms with van der Waals surface area (Å²) in [6.07, 6.45) is -4.14. The van der Waals surface area contributed by atoms with Crippen LogP contribution in [0.3, 0.4) is 0 Å². The maximum atomic E-state index is 13.3. The van der Waals surface area contributed by atoms with Gasteiger partial charge in [-0.25, -0.2) is 0 Å². The molecule has 1 amide bonds. The predicted octanol–water partition coefficient (Wildman–Crippen LogP) is 5.24. The summed E-state index contributed by atoms with van der Waals surface area (Å²) in [6.45, 7) is 1.71.